The molecule has 1 N–H and O–H groups in total. The van der Waals surface area contributed by atoms with Crippen molar-refractivity contribution in [3.63, 3.8) is 0 Å². The van der Waals surface area contributed by atoms with Gasteiger partial charge in [0, 0.05) is 11.7 Å². The van der Waals surface area contributed by atoms with E-state index in [-0.39, 0.29) is 5.75 Å². The minimum absolute atomic E-state index is 0.146. The molecule has 0 aliphatic rings. The van der Waals surface area contributed by atoms with Crippen LogP contribution in [0.1, 0.15) is 46.5 Å². The lowest BCUT2D eigenvalue weighted by molar-refractivity contribution is 0.597. The second-order valence-electron chi connectivity index (χ2n) is 4.97. The second kappa shape index (κ2) is 7.53. The van der Waals surface area contributed by atoms with Crippen LogP contribution in [0.2, 0.25) is 0 Å². The molecule has 0 fully saturated rings. The first kappa shape index (κ1) is 16.0. The standard InChI is InChI=1S/C15H25NO2S/c1-4-6-7-8-13(3)16-14-9-11-15(12-10-14)19(17,18)5-2/h9-13,16H,4-8H2,1-3H3. The summed E-state index contributed by atoms with van der Waals surface area (Å²) in [4.78, 5) is 0.402. The largest absolute Gasteiger partial charge is 0.383 e. The van der Waals surface area contributed by atoms with Crippen LogP contribution >= 0.6 is 0 Å². The Morgan fingerprint density at radius 1 is 1.11 bits per heavy atom. The molecule has 3 nitrogen and oxygen atoms in total. The average molecular weight is 283 g/mol. The van der Waals surface area contributed by atoms with E-state index < -0.39 is 9.84 Å². The van der Waals surface area contributed by atoms with Crippen molar-refractivity contribution in [3.8, 4) is 0 Å². The van der Waals surface area contributed by atoms with E-state index in [9.17, 15) is 8.42 Å². The molecule has 0 heterocycles. The van der Waals surface area contributed by atoms with E-state index >= 15 is 0 Å². The predicted molar refractivity (Wildman–Crippen MR) is 81.4 cm³/mol. The highest BCUT2D eigenvalue weighted by atomic mass is 32.2. The van der Waals surface area contributed by atoms with Crippen molar-refractivity contribution in [1.29, 1.82) is 0 Å². The Bertz CT molecular complexity index is 465. The number of unbranched alkanes of at least 4 members (excludes halogenated alkanes) is 2. The fourth-order valence-corrected chi connectivity index (χ4v) is 2.87. The summed E-state index contributed by atoms with van der Waals surface area (Å²) in [7, 11) is -3.09. The molecule has 0 aromatic heterocycles. The zero-order valence-corrected chi connectivity index (χ0v) is 13.0. The third-order valence-corrected chi connectivity index (χ3v) is 5.00. The normalized spacial score (nSPS) is 13.2. The number of nitrogens with one attached hydrogen (secondary N) is 1. The van der Waals surface area contributed by atoms with Gasteiger partial charge in [-0.3, -0.25) is 0 Å². The Labute approximate surface area is 117 Å². The molecular weight excluding hydrogens is 258 g/mol. The summed E-state index contributed by atoms with van der Waals surface area (Å²) in [6.45, 7) is 6.02. The third kappa shape index (κ3) is 5.23. The molecule has 0 aliphatic carbocycles. The van der Waals surface area contributed by atoms with Gasteiger partial charge in [0.15, 0.2) is 9.84 Å². The van der Waals surface area contributed by atoms with Gasteiger partial charge in [0.05, 0.1) is 10.6 Å². The highest BCUT2D eigenvalue weighted by Crippen LogP contribution is 2.17. The Morgan fingerprint density at radius 3 is 2.26 bits per heavy atom. The average Bonchev–Trinajstić information content (AvgIpc) is 2.39. The maximum Gasteiger partial charge on any atom is 0.178 e. The van der Waals surface area contributed by atoms with Gasteiger partial charge in [0.25, 0.3) is 0 Å². The maximum atomic E-state index is 11.7. The topological polar surface area (TPSA) is 46.2 Å². The van der Waals surface area contributed by atoms with E-state index in [1.54, 1.807) is 19.1 Å². The number of hydrogen-bond acceptors (Lipinski definition) is 3. The van der Waals surface area contributed by atoms with Gasteiger partial charge in [0.2, 0.25) is 0 Å². The first-order chi connectivity index (χ1) is 8.99. The van der Waals surface area contributed by atoms with Gasteiger partial charge in [0.1, 0.15) is 0 Å². The van der Waals surface area contributed by atoms with Gasteiger partial charge in [-0.15, -0.1) is 0 Å². The van der Waals surface area contributed by atoms with Gasteiger partial charge in [-0.1, -0.05) is 33.1 Å². The summed E-state index contributed by atoms with van der Waals surface area (Å²) < 4.78 is 23.4. The Hall–Kier alpha value is -1.03. The van der Waals surface area contributed by atoms with Crippen LogP contribution in [0, 0.1) is 0 Å². The lowest BCUT2D eigenvalue weighted by Gasteiger charge is -2.15. The third-order valence-electron chi connectivity index (χ3n) is 3.25. The summed E-state index contributed by atoms with van der Waals surface area (Å²) >= 11 is 0. The van der Waals surface area contributed by atoms with Gasteiger partial charge in [-0.25, -0.2) is 8.42 Å². The fraction of sp³-hybridized carbons (Fsp3) is 0.600. The van der Waals surface area contributed by atoms with Crippen LogP contribution in [0.15, 0.2) is 29.2 Å². The molecule has 108 valence electrons. The van der Waals surface area contributed by atoms with Crippen LogP contribution in [-0.4, -0.2) is 20.2 Å². The van der Waals surface area contributed by atoms with Crippen molar-refractivity contribution < 1.29 is 8.42 Å². The molecule has 19 heavy (non-hydrogen) atoms. The molecule has 0 bridgehead atoms. The van der Waals surface area contributed by atoms with E-state index in [0.717, 1.165) is 12.1 Å². The van der Waals surface area contributed by atoms with Crippen molar-refractivity contribution in [2.75, 3.05) is 11.1 Å². The van der Waals surface area contributed by atoms with Crippen LogP contribution in [0.4, 0.5) is 5.69 Å². The van der Waals surface area contributed by atoms with Crippen molar-refractivity contribution in [2.45, 2.75) is 57.4 Å². The number of benzene rings is 1. The van der Waals surface area contributed by atoms with Crippen LogP contribution in [0.3, 0.4) is 0 Å². The SMILES string of the molecule is CCCCCC(C)Nc1ccc(S(=O)(=O)CC)cc1. The number of anilines is 1. The zero-order chi connectivity index (χ0) is 14.3. The van der Waals surface area contributed by atoms with Gasteiger partial charge in [-0.2, -0.15) is 0 Å². The molecule has 1 unspecified atom stereocenters. The van der Waals surface area contributed by atoms with Crippen molar-refractivity contribution in [2.24, 2.45) is 0 Å². The van der Waals surface area contributed by atoms with Crippen LogP contribution < -0.4 is 5.32 Å². The van der Waals surface area contributed by atoms with Crippen LogP contribution in [0.25, 0.3) is 0 Å². The Kier molecular flexibility index (Phi) is 6.35. The van der Waals surface area contributed by atoms with E-state index in [4.69, 9.17) is 0 Å². The Balaban J connectivity index is 2.57. The molecule has 0 saturated heterocycles. The second-order valence-corrected chi connectivity index (χ2v) is 7.25. The van der Waals surface area contributed by atoms with E-state index in [0.29, 0.717) is 10.9 Å². The minimum atomic E-state index is -3.09. The molecule has 4 heteroatoms. The van der Waals surface area contributed by atoms with E-state index in [1.807, 2.05) is 12.1 Å². The van der Waals surface area contributed by atoms with Gasteiger partial charge < -0.3 is 5.32 Å². The molecule has 0 saturated carbocycles. The molecule has 1 aromatic rings. The highest BCUT2D eigenvalue weighted by molar-refractivity contribution is 7.91. The van der Waals surface area contributed by atoms with Crippen LogP contribution in [0.5, 0.6) is 0 Å². The number of hydrogen-bond donors (Lipinski definition) is 1. The summed E-state index contributed by atoms with van der Waals surface area (Å²) in [5.74, 6) is 0.146. The van der Waals surface area contributed by atoms with Crippen molar-refractivity contribution >= 4 is 15.5 Å². The summed E-state index contributed by atoms with van der Waals surface area (Å²) in [5, 5.41) is 3.40. The molecule has 1 atom stereocenters. The quantitative estimate of drug-likeness (QED) is 0.737. The minimum Gasteiger partial charge on any atom is -0.383 e. The maximum absolute atomic E-state index is 11.7. The van der Waals surface area contributed by atoms with E-state index in [1.165, 1.54) is 19.3 Å². The molecule has 0 aliphatic heterocycles. The molecule has 1 rings (SSSR count). The highest BCUT2D eigenvalue weighted by Gasteiger charge is 2.11. The number of sulfone groups is 1. The lowest BCUT2D eigenvalue weighted by atomic mass is 10.1. The predicted octanol–water partition coefficient (Wildman–Crippen LogP) is 3.86. The lowest BCUT2D eigenvalue weighted by Crippen LogP contribution is -2.14. The molecular formula is C15H25NO2S. The van der Waals surface area contributed by atoms with Gasteiger partial charge in [-0.05, 0) is 37.6 Å². The Morgan fingerprint density at radius 2 is 1.74 bits per heavy atom. The monoisotopic (exact) mass is 283 g/mol. The summed E-state index contributed by atoms with van der Waals surface area (Å²) in [6, 6.07) is 7.47. The summed E-state index contributed by atoms with van der Waals surface area (Å²) in [5.41, 5.74) is 0.985. The molecule has 0 radical (unpaired) electrons. The summed E-state index contributed by atoms with van der Waals surface area (Å²) in [6.07, 6.45) is 4.87. The van der Waals surface area contributed by atoms with Gasteiger partial charge >= 0.3 is 0 Å². The first-order valence-electron chi connectivity index (χ1n) is 7.09. The molecule has 1 aromatic carbocycles. The van der Waals surface area contributed by atoms with Crippen LogP contribution in [-0.2, 0) is 9.84 Å². The fourth-order valence-electron chi connectivity index (χ4n) is 1.98. The molecule has 0 amide bonds. The number of rotatable bonds is 8. The molecule has 0 spiro atoms. The van der Waals surface area contributed by atoms with Crippen molar-refractivity contribution in [1.82, 2.24) is 0 Å². The zero-order valence-electron chi connectivity index (χ0n) is 12.1. The van der Waals surface area contributed by atoms with E-state index in [2.05, 4.69) is 19.2 Å². The smallest absolute Gasteiger partial charge is 0.178 e. The first-order valence-corrected chi connectivity index (χ1v) is 8.74. The van der Waals surface area contributed by atoms with Crippen molar-refractivity contribution in [3.05, 3.63) is 24.3 Å².